The molecule has 1 nitrogen and oxygen atoms in total. The summed E-state index contributed by atoms with van der Waals surface area (Å²) in [6, 6.07) is 0. The van der Waals surface area contributed by atoms with Crippen LogP contribution in [0.5, 0.6) is 0 Å². The Morgan fingerprint density at radius 3 is 3.00 bits per heavy atom. The largest absolute Gasteiger partial charge is 0.262 e. The summed E-state index contributed by atoms with van der Waals surface area (Å²) in [5, 5.41) is 3.78. The normalized spacial score (nSPS) is 10.7. The van der Waals surface area contributed by atoms with E-state index >= 15 is 0 Å². The molecule has 4 heteroatoms. The molecule has 0 bridgehead atoms. The first-order valence-corrected chi connectivity index (χ1v) is 5.00. The van der Waals surface area contributed by atoms with Crippen molar-refractivity contribution in [3.05, 3.63) is 27.3 Å². The van der Waals surface area contributed by atoms with Crippen LogP contribution in [0.4, 0.5) is 0 Å². The van der Waals surface area contributed by atoms with Gasteiger partial charge in [0.25, 0.3) is 0 Å². The summed E-state index contributed by atoms with van der Waals surface area (Å²) in [7, 11) is 0. The molecule has 0 radical (unpaired) electrons. The Morgan fingerprint density at radius 2 is 2.27 bits per heavy atom. The molecule has 2 rings (SSSR count). The van der Waals surface area contributed by atoms with Crippen LogP contribution in [0.25, 0.3) is 10.1 Å². The van der Waals surface area contributed by atoms with Gasteiger partial charge in [0.1, 0.15) is 0 Å². The van der Waals surface area contributed by atoms with E-state index in [2.05, 4.69) is 20.9 Å². The highest BCUT2D eigenvalue weighted by Gasteiger charge is 2.04. The number of aromatic nitrogens is 1. The number of nitrogens with zero attached hydrogens (tertiary/aromatic N) is 1. The van der Waals surface area contributed by atoms with Crippen LogP contribution >= 0.6 is 38.9 Å². The molecule has 0 aliphatic heterocycles. The number of rotatable bonds is 0. The van der Waals surface area contributed by atoms with Crippen LogP contribution in [0.3, 0.4) is 0 Å². The fourth-order valence-corrected chi connectivity index (χ4v) is 2.99. The summed E-state index contributed by atoms with van der Waals surface area (Å²) >= 11 is 11.0. The number of pyridine rings is 1. The maximum absolute atomic E-state index is 5.92. The predicted molar refractivity (Wildman–Crippen MR) is 52.3 cm³/mol. The maximum Gasteiger partial charge on any atom is 0.0687 e. The van der Waals surface area contributed by atoms with Gasteiger partial charge in [-0.1, -0.05) is 11.6 Å². The third-order valence-corrected chi connectivity index (χ3v) is 3.53. The molecule has 0 saturated heterocycles. The molecular weight excluding hydrogens is 246 g/mol. The predicted octanol–water partition coefficient (Wildman–Crippen LogP) is 3.71. The molecule has 0 saturated carbocycles. The first-order valence-electron chi connectivity index (χ1n) is 2.95. The first kappa shape index (κ1) is 7.53. The van der Waals surface area contributed by atoms with Crippen molar-refractivity contribution in [2.24, 2.45) is 0 Å². The Balaban J connectivity index is 2.96. The van der Waals surface area contributed by atoms with Crippen molar-refractivity contribution in [2.45, 2.75) is 0 Å². The molecule has 56 valence electrons. The van der Waals surface area contributed by atoms with Gasteiger partial charge >= 0.3 is 0 Å². The van der Waals surface area contributed by atoms with E-state index in [4.69, 9.17) is 11.6 Å². The number of thiophene rings is 1. The summed E-state index contributed by atoms with van der Waals surface area (Å²) in [5.41, 5.74) is 0. The van der Waals surface area contributed by atoms with E-state index in [0.29, 0.717) is 5.02 Å². The van der Waals surface area contributed by atoms with E-state index in [1.807, 2.05) is 11.6 Å². The van der Waals surface area contributed by atoms with E-state index in [0.717, 1.165) is 14.6 Å². The van der Waals surface area contributed by atoms with Crippen molar-refractivity contribution >= 4 is 49.0 Å². The van der Waals surface area contributed by atoms with E-state index in [1.165, 1.54) is 0 Å². The molecular formula is C7H3BrClNS. The first-order chi connectivity index (χ1) is 5.29. The molecule has 0 amide bonds. The SMILES string of the molecule is Clc1cncc2scc(Br)c12. The topological polar surface area (TPSA) is 12.9 Å². The lowest BCUT2D eigenvalue weighted by molar-refractivity contribution is 1.37. The Morgan fingerprint density at radius 1 is 1.45 bits per heavy atom. The van der Waals surface area contributed by atoms with Gasteiger partial charge in [0.2, 0.25) is 0 Å². The molecule has 11 heavy (non-hydrogen) atoms. The molecule has 0 aliphatic carbocycles. The molecule has 0 fully saturated rings. The van der Waals surface area contributed by atoms with Crippen molar-refractivity contribution in [2.75, 3.05) is 0 Å². The lowest BCUT2D eigenvalue weighted by Crippen LogP contribution is -1.70. The molecule has 0 aromatic carbocycles. The highest BCUT2D eigenvalue weighted by molar-refractivity contribution is 9.10. The van der Waals surface area contributed by atoms with Crippen LogP contribution in [0.1, 0.15) is 0 Å². The van der Waals surface area contributed by atoms with Gasteiger partial charge in [0.05, 0.1) is 9.72 Å². The fourth-order valence-electron chi connectivity index (χ4n) is 0.912. The zero-order chi connectivity index (χ0) is 7.84. The average molecular weight is 249 g/mol. The molecule has 0 aliphatic rings. The molecule has 0 unspecified atom stereocenters. The fraction of sp³-hybridized carbons (Fsp3) is 0. The lowest BCUT2D eigenvalue weighted by Gasteiger charge is -1.91. The van der Waals surface area contributed by atoms with Crippen LogP contribution in [-0.2, 0) is 0 Å². The van der Waals surface area contributed by atoms with Gasteiger partial charge in [-0.25, -0.2) is 0 Å². The third-order valence-electron chi connectivity index (χ3n) is 1.39. The van der Waals surface area contributed by atoms with Crippen LogP contribution in [0.15, 0.2) is 22.2 Å². The lowest BCUT2D eigenvalue weighted by atomic mass is 10.3. The van der Waals surface area contributed by atoms with Crippen molar-refractivity contribution in [1.29, 1.82) is 0 Å². The second kappa shape index (κ2) is 2.73. The van der Waals surface area contributed by atoms with Gasteiger partial charge in [-0.3, -0.25) is 4.98 Å². The van der Waals surface area contributed by atoms with Crippen LogP contribution in [-0.4, -0.2) is 4.98 Å². The van der Waals surface area contributed by atoms with Crippen molar-refractivity contribution < 1.29 is 0 Å². The summed E-state index contributed by atoms with van der Waals surface area (Å²) in [5.74, 6) is 0. The highest BCUT2D eigenvalue weighted by Crippen LogP contribution is 2.34. The van der Waals surface area contributed by atoms with Crippen molar-refractivity contribution in [1.82, 2.24) is 4.98 Å². The summed E-state index contributed by atoms with van der Waals surface area (Å²) in [6.45, 7) is 0. The highest BCUT2D eigenvalue weighted by atomic mass is 79.9. The zero-order valence-corrected chi connectivity index (χ0v) is 8.50. The Hall–Kier alpha value is -0.120. The minimum absolute atomic E-state index is 0.704. The average Bonchev–Trinajstić information content (AvgIpc) is 2.34. The van der Waals surface area contributed by atoms with Gasteiger partial charge in [-0.05, 0) is 15.9 Å². The third kappa shape index (κ3) is 1.17. The van der Waals surface area contributed by atoms with E-state index < -0.39 is 0 Å². The Kier molecular flexibility index (Phi) is 1.87. The Bertz CT molecular complexity index is 398. The van der Waals surface area contributed by atoms with Gasteiger partial charge < -0.3 is 0 Å². The summed E-state index contributed by atoms with van der Waals surface area (Å²) in [6.07, 6.45) is 3.47. The second-order valence-electron chi connectivity index (χ2n) is 2.08. The molecule has 2 heterocycles. The number of hydrogen-bond acceptors (Lipinski definition) is 2. The van der Waals surface area contributed by atoms with Gasteiger partial charge in [0.15, 0.2) is 0 Å². The molecule has 0 spiro atoms. The van der Waals surface area contributed by atoms with Crippen molar-refractivity contribution in [3.8, 4) is 0 Å². The van der Waals surface area contributed by atoms with Gasteiger partial charge in [-0.15, -0.1) is 11.3 Å². The standard InChI is InChI=1S/C7H3BrClNS/c8-4-3-11-6-2-10-1-5(9)7(4)6/h1-3H. The summed E-state index contributed by atoms with van der Waals surface area (Å²) in [4.78, 5) is 3.98. The maximum atomic E-state index is 5.92. The van der Waals surface area contributed by atoms with Gasteiger partial charge in [0, 0.05) is 27.6 Å². The van der Waals surface area contributed by atoms with Crippen LogP contribution < -0.4 is 0 Å². The van der Waals surface area contributed by atoms with Gasteiger partial charge in [-0.2, -0.15) is 0 Å². The van der Waals surface area contributed by atoms with Crippen LogP contribution in [0.2, 0.25) is 5.02 Å². The zero-order valence-electron chi connectivity index (χ0n) is 5.34. The smallest absolute Gasteiger partial charge is 0.0687 e. The van der Waals surface area contributed by atoms with E-state index in [9.17, 15) is 0 Å². The monoisotopic (exact) mass is 247 g/mol. The molecule has 0 N–H and O–H groups in total. The minimum Gasteiger partial charge on any atom is -0.262 e. The van der Waals surface area contributed by atoms with E-state index in [1.54, 1.807) is 17.5 Å². The molecule has 0 atom stereocenters. The molecule has 2 aromatic heterocycles. The van der Waals surface area contributed by atoms with Crippen LogP contribution in [0, 0.1) is 0 Å². The van der Waals surface area contributed by atoms with Crippen molar-refractivity contribution in [3.63, 3.8) is 0 Å². The number of halogens is 2. The summed E-state index contributed by atoms with van der Waals surface area (Å²) < 4.78 is 2.16. The second-order valence-corrected chi connectivity index (χ2v) is 4.25. The number of hydrogen-bond donors (Lipinski definition) is 0. The quantitative estimate of drug-likeness (QED) is 0.692. The Labute approximate surface area is 81.1 Å². The number of fused-ring (bicyclic) bond motifs is 1. The van der Waals surface area contributed by atoms with E-state index in [-0.39, 0.29) is 0 Å². The minimum atomic E-state index is 0.704. The molecule has 2 aromatic rings.